The number of hydrogen-bond donors (Lipinski definition) is 2. The van der Waals surface area contributed by atoms with E-state index in [-0.39, 0.29) is 12.0 Å². The van der Waals surface area contributed by atoms with E-state index in [1.807, 2.05) is 24.3 Å². The zero-order valence-electron chi connectivity index (χ0n) is 15.8. The lowest BCUT2D eigenvalue weighted by atomic mass is 9.92. The van der Waals surface area contributed by atoms with Crippen molar-refractivity contribution in [1.29, 1.82) is 0 Å². The van der Waals surface area contributed by atoms with Gasteiger partial charge in [-0.15, -0.1) is 0 Å². The lowest BCUT2D eigenvalue weighted by molar-refractivity contribution is -0.119. The molecule has 1 unspecified atom stereocenters. The molecule has 0 radical (unpaired) electrons. The van der Waals surface area contributed by atoms with Gasteiger partial charge >= 0.3 is 6.09 Å². The van der Waals surface area contributed by atoms with Crippen molar-refractivity contribution in [3.63, 3.8) is 0 Å². The van der Waals surface area contributed by atoms with Gasteiger partial charge < -0.3 is 24.8 Å². The van der Waals surface area contributed by atoms with Gasteiger partial charge in [0.1, 0.15) is 6.10 Å². The number of cyclic esters (lactones) is 1. The van der Waals surface area contributed by atoms with Crippen LogP contribution in [0.3, 0.4) is 0 Å². The Labute approximate surface area is 159 Å². The van der Waals surface area contributed by atoms with E-state index >= 15 is 0 Å². The van der Waals surface area contributed by atoms with Crippen LogP contribution >= 0.6 is 0 Å². The molecule has 2 amide bonds. The SMILES string of the molecule is COCC1(O)CCN(c2ccc(N3CC(CNC(C)=O)OC3=O)cc2)CC1. The van der Waals surface area contributed by atoms with Gasteiger partial charge in [0.2, 0.25) is 5.91 Å². The maximum atomic E-state index is 12.1. The molecule has 8 nitrogen and oxygen atoms in total. The fourth-order valence-corrected chi connectivity index (χ4v) is 3.53. The summed E-state index contributed by atoms with van der Waals surface area (Å²) in [4.78, 5) is 26.9. The van der Waals surface area contributed by atoms with E-state index in [9.17, 15) is 14.7 Å². The second-order valence-electron chi connectivity index (χ2n) is 7.21. The molecule has 0 aliphatic carbocycles. The third kappa shape index (κ3) is 4.70. The van der Waals surface area contributed by atoms with E-state index in [1.165, 1.54) is 6.92 Å². The monoisotopic (exact) mass is 377 g/mol. The van der Waals surface area contributed by atoms with E-state index in [0.29, 0.717) is 32.5 Å². The highest BCUT2D eigenvalue weighted by atomic mass is 16.6. The summed E-state index contributed by atoms with van der Waals surface area (Å²) in [5.74, 6) is -0.146. The molecule has 0 spiro atoms. The Kier molecular flexibility index (Phi) is 5.86. The zero-order valence-corrected chi connectivity index (χ0v) is 15.8. The molecular formula is C19H27N3O5. The van der Waals surface area contributed by atoms with Crippen LogP contribution < -0.4 is 15.1 Å². The van der Waals surface area contributed by atoms with Crippen molar-refractivity contribution < 1.29 is 24.2 Å². The van der Waals surface area contributed by atoms with Gasteiger partial charge in [-0.05, 0) is 37.1 Å². The molecule has 2 saturated heterocycles. The summed E-state index contributed by atoms with van der Waals surface area (Å²) in [7, 11) is 1.60. The number of nitrogens with zero attached hydrogens (tertiary/aromatic N) is 2. The zero-order chi connectivity index (χ0) is 19.4. The molecule has 2 aliphatic heterocycles. The van der Waals surface area contributed by atoms with Crippen molar-refractivity contribution in [3.8, 4) is 0 Å². The van der Waals surface area contributed by atoms with Gasteiger partial charge in [-0.1, -0.05) is 0 Å². The molecule has 0 bridgehead atoms. The van der Waals surface area contributed by atoms with Crippen LogP contribution in [0.15, 0.2) is 24.3 Å². The molecule has 27 heavy (non-hydrogen) atoms. The lowest BCUT2D eigenvalue weighted by Crippen LogP contribution is -2.47. The largest absolute Gasteiger partial charge is 0.442 e. The number of nitrogens with one attached hydrogen (secondary N) is 1. The minimum atomic E-state index is -0.743. The molecule has 2 N–H and O–H groups in total. The van der Waals surface area contributed by atoms with Gasteiger partial charge in [0, 0.05) is 38.5 Å². The van der Waals surface area contributed by atoms with Crippen molar-refractivity contribution in [2.24, 2.45) is 0 Å². The quantitative estimate of drug-likeness (QED) is 0.772. The molecule has 2 heterocycles. The predicted octanol–water partition coefficient (Wildman–Crippen LogP) is 1.13. The van der Waals surface area contributed by atoms with Gasteiger partial charge in [-0.2, -0.15) is 0 Å². The Hall–Kier alpha value is -2.32. The molecule has 148 valence electrons. The highest BCUT2D eigenvalue weighted by Gasteiger charge is 2.34. The normalized spacial score (nSPS) is 21.9. The first-order valence-corrected chi connectivity index (χ1v) is 9.19. The van der Waals surface area contributed by atoms with Crippen LogP contribution in [-0.4, -0.2) is 68.7 Å². The number of piperidine rings is 1. The average Bonchev–Trinajstić information content (AvgIpc) is 3.02. The van der Waals surface area contributed by atoms with Crippen LogP contribution in [0.25, 0.3) is 0 Å². The summed E-state index contributed by atoms with van der Waals surface area (Å²) in [5.41, 5.74) is 1.08. The Balaban J connectivity index is 1.58. The average molecular weight is 377 g/mol. The van der Waals surface area contributed by atoms with Crippen molar-refractivity contribution in [2.45, 2.75) is 31.5 Å². The minimum absolute atomic E-state index is 0.146. The molecule has 2 aliphatic rings. The van der Waals surface area contributed by atoms with Crippen LogP contribution in [0.2, 0.25) is 0 Å². The summed E-state index contributed by atoms with van der Waals surface area (Å²) in [6.45, 7) is 4.02. The molecule has 3 rings (SSSR count). The summed E-state index contributed by atoms with van der Waals surface area (Å²) < 4.78 is 10.4. The van der Waals surface area contributed by atoms with Crippen LogP contribution in [0.5, 0.6) is 0 Å². The Morgan fingerprint density at radius 3 is 2.52 bits per heavy atom. The van der Waals surface area contributed by atoms with Crippen molar-refractivity contribution >= 4 is 23.4 Å². The Morgan fingerprint density at radius 2 is 1.93 bits per heavy atom. The van der Waals surface area contributed by atoms with E-state index < -0.39 is 11.7 Å². The first-order chi connectivity index (χ1) is 12.9. The number of hydrogen-bond acceptors (Lipinski definition) is 6. The van der Waals surface area contributed by atoms with Gasteiger partial charge in [0.15, 0.2) is 0 Å². The van der Waals surface area contributed by atoms with Crippen LogP contribution in [0.4, 0.5) is 16.2 Å². The van der Waals surface area contributed by atoms with E-state index in [0.717, 1.165) is 24.5 Å². The van der Waals surface area contributed by atoms with Gasteiger partial charge in [-0.3, -0.25) is 9.69 Å². The standard InChI is InChI=1S/C19H27N3O5/c1-14(23)20-11-17-12-22(18(24)27-17)16-5-3-15(4-6-16)21-9-7-19(25,8-10-21)13-26-2/h3-6,17,25H,7-13H2,1-2H3,(H,20,23). The molecule has 0 saturated carbocycles. The fraction of sp³-hybridized carbons (Fsp3) is 0.579. The number of rotatable bonds is 6. The number of methoxy groups -OCH3 is 1. The highest BCUT2D eigenvalue weighted by Crippen LogP contribution is 2.29. The molecule has 0 aromatic heterocycles. The molecule has 1 aromatic carbocycles. The van der Waals surface area contributed by atoms with Crippen LogP contribution in [-0.2, 0) is 14.3 Å². The Morgan fingerprint density at radius 1 is 1.30 bits per heavy atom. The van der Waals surface area contributed by atoms with Gasteiger partial charge in [0.05, 0.1) is 25.3 Å². The van der Waals surface area contributed by atoms with Gasteiger partial charge in [-0.25, -0.2) is 4.79 Å². The summed E-state index contributed by atoms with van der Waals surface area (Å²) in [6, 6.07) is 7.75. The van der Waals surface area contributed by atoms with Gasteiger partial charge in [0.25, 0.3) is 0 Å². The fourth-order valence-electron chi connectivity index (χ4n) is 3.53. The lowest BCUT2D eigenvalue weighted by Gasteiger charge is -2.39. The second-order valence-corrected chi connectivity index (χ2v) is 7.21. The minimum Gasteiger partial charge on any atom is -0.442 e. The maximum Gasteiger partial charge on any atom is 0.414 e. The van der Waals surface area contributed by atoms with E-state index in [4.69, 9.17) is 9.47 Å². The number of anilines is 2. The first kappa shape index (κ1) is 19.4. The van der Waals surface area contributed by atoms with E-state index in [2.05, 4.69) is 10.2 Å². The molecule has 8 heteroatoms. The smallest absolute Gasteiger partial charge is 0.414 e. The van der Waals surface area contributed by atoms with Crippen molar-refractivity contribution in [3.05, 3.63) is 24.3 Å². The third-order valence-electron chi connectivity index (χ3n) is 5.09. The molecular weight excluding hydrogens is 350 g/mol. The first-order valence-electron chi connectivity index (χ1n) is 9.19. The topological polar surface area (TPSA) is 91.3 Å². The number of ether oxygens (including phenoxy) is 2. The molecule has 1 aromatic rings. The summed E-state index contributed by atoms with van der Waals surface area (Å²) in [6.07, 6.45) is 0.569. The molecule has 1 atom stereocenters. The number of carbonyl (C=O) groups excluding carboxylic acids is 2. The van der Waals surface area contributed by atoms with E-state index in [1.54, 1.807) is 12.0 Å². The number of aliphatic hydroxyl groups is 1. The summed E-state index contributed by atoms with van der Waals surface area (Å²) >= 11 is 0. The maximum absolute atomic E-state index is 12.1. The highest BCUT2D eigenvalue weighted by molar-refractivity contribution is 5.90. The van der Waals surface area contributed by atoms with Crippen LogP contribution in [0.1, 0.15) is 19.8 Å². The summed E-state index contributed by atoms with van der Waals surface area (Å²) in [5, 5.41) is 13.1. The molecule has 2 fully saturated rings. The van der Waals surface area contributed by atoms with Crippen molar-refractivity contribution in [2.75, 3.05) is 49.7 Å². The van der Waals surface area contributed by atoms with Crippen LogP contribution in [0, 0.1) is 0 Å². The number of carbonyl (C=O) groups is 2. The number of amides is 2. The predicted molar refractivity (Wildman–Crippen MR) is 101 cm³/mol. The second kappa shape index (κ2) is 8.14. The third-order valence-corrected chi connectivity index (χ3v) is 5.09. The number of benzene rings is 1. The Bertz CT molecular complexity index is 670. The van der Waals surface area contributed by atoms with Crippen molar-refractivity contribution in [1.82, 2.24) is 5.32 Å².